The molecule has 0 saturated heterocycles. The summed E-state index contributed by atoms with van der Waals surface area (Å²) in [5.41, 5.74) is 1.49. The predicted molar refractivity (Wildman–Crippen MR) is 71.4 cm³/mol. The van der Waals surface area contributed by atoms with Crippen molar-refractivity contribution in [2.45, 2.75) is 26.4 Å². The van der Waals surface area contributed by atoms with Crippen LogP contribution in [0.3, 0.4) is 0 Å². The number of hydrogen-bond donors (Lipinski definition) is 0. The lowest BCUT2D eigenvalue weighted by Gasteiger charge is -2.20. The quantitative estimate of drug-likeness (QED) is 0.585. The average Bonchev–Trinajstić information content (AvgIpc) is 2.25. The highest BCUT2D eigenvalue weighted by Crippen LogP contribution is 2.22. The molecular weight excluding hydrogens is 212 g/mol. The van der Waals surface area contributed by atoms with Gasteiger partial charge in [-0.2, -0.15) is 0 Å². The summed E-state index contributed by atoms with van der Waals surface area (Å²) in [6, 6.07) is 7.47. The van der Waals surface area contributed by atoms with Gasteiger partial charge < -0.3 is 4.74 Å². The van der Waals surface area contributed by atoms with Crippen molar-refractivity contribution in [2.24, 2.45) is 0 Å². The fraction of sp³-hybridized carbons (Fsp3) is 0.267. The Hall–Kier alpha value is -1.83. The minimum Gasteiger partial charge on any atom is -0.456 e. The van der Waals surface area contributed by atoms with Gasteiger partial charge in [0.1, 0.15) is 5.60 Å². The van der Waals surface area contributed by atoms with Crippen LogP contribution in [-0.4, -0.2) is 11.6 Å². The van der Waals surface area contributed by atoms with Gasteiger partial charge in [-0.15, -0.1) is 0 Å². The molecule has 0 spiro atoms. The summed E-state index contributed by atoms with van der Waals surface area (Å²) >= 11 is 0. The molecule has 0 aromatic heterocycles. The van der Waals surface area contributed by atoms with E-state index in [2.05, 4.69) is 13.2 Å². The predicted octanol–water partition coefficient (Wildman–Crippen LogP) is 3.68. The first kappa shape index (κ1) is 13.2. The van der Waals surface area contributed by atoms with Gasteiger partial charge in [0.25, 0.3) is 0 Å². The van der Waals surface area contributed by atoms with Crippen LogP contribution in [0.2, 0.25) is 0 Å². The van der Waals surface area contributed by atoms with Gasteiger partial charge in [0.05, 0.1) is 5.57 Å². The molecule has 0 aliphatic carbocycles. The third kappa shape index (κ3) is 3.59. The maximum Gasteiger partial charge on any atom is 0.338 e. The van der Waals surface area contributed by atoms with Gasteiger partial charge >= 0.3 is 5.97 Å². The van der Waals surface area contributed by atoms with Crippen LogP contribution in [0.4, 0.5) is 0 Å². The second-order valence-corrected chi connectivity index (χ2v) is 4.77. The summed E-state index contributed by atoms with van der Waals surface area (Å²) in [6.45, 7) is 13.0. The molecule has 1 rings (SSSR count). The number of rotatable bonds is 3. The molecule has 17 heavy (non-hydrogen) atoms. The lowest BCUT2D eigenvalue weighted by molar-refractivity contribution is -0.147. The fourth-order valence-electron chi connectivity index (χ4n) is 1.40. The van der Waals surface area contributed by atoms with Gasteiger partial charge in [-0.05, 0) is 31.9 Å². The molecule has 1 aromatic rings. The Labute approximate surface area is 103 Å². The van der Waals surface area contributed by atoms with Crippen molar-refractivity contribution < 1.29 is 9.53 Å². The van der Waals surface area contributed by atoms with Crippen LogP contribution in [0, 0.1) is 0 Å². The molecular formula is C15H18O2. The van der Waals surface area contributed by atoms with Crippen LogP contribution in [0.25, 0.3) is 11.6 Å². The molecule has 2 nitrogen and oxygen atoms in total. The summed E-state index contributed by atoms with van der Waals surface area (Å²) in [7, 11) is 0. The van der Waals surface area contributed by atoms with Crippen molar-refractivity contribution in [3.63, 3.8) is 0 Å². The van der Waals surface area contributed by atoms with Crippen molar-refractivity contribution in [3.05, 3.63) is 48.6 Å². The highest BCUT2D eigenvalue weighted by Gasteiger charge is 2.20. The molecule has 0 saturated carbocycles. The summed E-state index contributed by atoms with van der Waals surface area (Å²) in [4.78, 5) is 11.9. The zero-order valence-electron chi connectivity index (χ0n) is 10.6. The zero-order chi connectivity index (χ0) is 13.1. The van der Waals surface area contributed by atoms with Crippen LogP contribution in [0.5, 0.6) is 0 Å². The van der Waals surface area contributed by atoms with Gasteiger partial charge in [0, 0.05) is 0 Å². The highest BCUT2D eigenvalue weighted by atomic mass is 16.6. The minimum absolute atomic E-state index is 0.357. The van der Waals surface area contributed by atoms with Gasteiger partial charge in [-0.1, -0.05) is 43.5 Å². The normalized spacial score (nSPS) is 10.8. The molecule has 0 aliphatic heterocycles. The third-order valence-corrected chi connectivity index (χ3v) is 2.15. The van der Waals surface area contributed by atoms with E-state index in [9.17, 15) is 4.79 Å². The highest BCUT2D eigenvalue weighted by molar-refractivity contribution is 6.16. The van der Waals surface area contributed by atoms with Crippen molar-refractivity contribution in [1.29, 1.82) is 0 Å². The zero-order valence-corrected chi connectivity index (χ0v) is 10.6. The average molecular weight is 230 g/mol. The molecule has 90 valence electrons. The molecule has 0 radical (unpaired) electrons. The molecule has 0 amide bonds. The van der Waals surface area contributed by atoms with Crippen molar-refractivity contribution in [1.82, 2.24) is 0 Å². The second-order valence-electron chi connectivity index (χ2n) is 4.77. The van der Waals surface area contributed by atoms with Crippen molar-refractivity contribution >= 4 is 17.6 Å². The van der Waals surface area contributed by atoms with Gasteiger partial charge in [0.15, 0.2) is 0 Å². The van der Waals surface area contributed by atoms with E-state index in [0.717, 1.165) is 11.1 Å². The Bertz CT molecular complexity index is 450. The van der Waals surface area contributed by atoms with Crippen LogP contribution in [0.1, 0.15) is 31.9 Å². The van der Waals surface area contributed by atoms with Crippen LogP contribution < -0.4 is 0 Å². The lowest BCUT2D eigenvalue weighted by atomic mass is 10.0. The van der Waals surface area contributed by atoms with Crippen molar-refractivity contribution in [3.8, 4) is 0 Å². The molecule has 0 atom stereocenters. The summed E-state index contributed by atoms with van der Waals surface area (Å²) < 4.78 is 5.28. The Balaban J connectivity index is 2.97. The first-order valence-electron chi connectivity index (χ1n) is 5.49. The molecule has 2 heteroatoms. The largest absolute Gasteiger partial charge is 0.456 e. The molecule has 0 bridgehead atoms. The van der Waals surface area contributed by atoms with Crippen molar-refractivity contribution in [2.75, 3.05) is 0 Å². The van der Waals surface area contributed by atoms with Crippen LogP contribution >= 0.6 is 0 Å². The first-order valence-corrected chi connectivity index (χ1v) is 5.49. The van der Waals surface area contributed by atoms with E-state index in [1.807, 2.05) is 45.0 Å². The van der Waals surface area contributed by atoms with Gasteiger partial charge in [0.2, 0.25) is 0 Å². The Morgan fingerprint density at radius 1 is 1.29 bits per heavy atom. The maximum absolute atomic E-state index is 11.9. The number of carbonyl (C=O) groups excluding carboxylic acids is 1. The number of carbonyl (C=O) groups is 1. The number of ether oxygens (including phenoxy) is 1. The fourth-order valence-corrected chi connectivity index (χ4v) is 1.40. The number of hydrogen-bond acceptors (Lipinski definition) is 2. The molecule has 0 N–H and O–H groups in total. The number of esters is 1. The smallest absolute Gasteiger partial charge is 0.338 e. The molecule has 1 aromatic carbocycles. The van der Waals surface area contributed by atoms with E-state index < -0.39 is 11.6 Å². The molecule has 0 unspecified atom stereocenters. The van der Waals surface area contributed by atoms with E-state index in [0.29, 0.717) is 5.57 Å². The lowest BCUT2D eigenvalue weighted by Crippen LogP contribution is -2.24. The Morgan fingerprint density at radius 2 is 1.88 bits per heavy atom. The summed E-state index contributed by atoms with van der Waals surface area (Å²) in [5.74, 6) is -0.396. The molecule has 0 aliphatic rings. The monoisotopic (exact) mass is 230 g/mol. The molecule has 0 fully saturated rings. The van der Waals surface area contributed by atoms with E-state index in [1.54, 1.807) is 6.08 Å². The minimum atomic E-state index is -0.511. The third-order valence-electron chi connectivity index (χ3n) is 2.15. The van der Waals surface area contributed by atoms with E-state index in [4.69, 9.17) is 4.74 Å². The first-order chi connectivity index (χ1) is 7.85. The second kappa shape index (κ2) is 5.00. The Kier molecular flexibility index (Phi) is 3.89. The molecule has 0 heterocycles. The SMILES string of the molecule is C=Cc1ccccc1C(=C)C(=O)OC(C)(C)C. The topological polar surface area (TPSA) is 26.3 Å². The standard InChI is InChI=1S/C15H18O2/c1-6-12-9-7-8-10-13(12)11(2)14(16)17-15(3,4)5/h6-10H,1-2H2,3-5H3. The Morgan fingerprint density at radius 3 is 2.41 bits per heavy atom. The number of benzene rings is 1. The maximum atomic E-state index is 11.9. The van der Waals surface area contributed by atoms with E-state index in [1.165, 1.54) is 0 Å². The summed E-state index contributed by atoms with van der Waals surface area (Å²) in [5, 5.41) is 0. The van der Waals surface area contributed by atoms with E-state index >= 15 is 0 Å². The van der Waals surface area contributed by atoms with Gasteiger partial charge in [-0.25, -0.2) is 4.79 Å². The van der Waals surface area contributed by atoms with E-state index in [-0.39, 0.29) is 0 Å². The van der Waals surface area contributed by atoms with Crippen LogP contribution in [-0.2, 0) is 9.53 Å². The van der Waals surface area contributed by atoms with Crippen LogP contribution in [0.15, 0.2) is 37.4 Å². The summed E-state index contributed by atoms with van der Waals surface area (Å²) in [6.07, 6.45) is 1.70. The van der Waals surface area contributed by atoms with Gasteiger partial charge in [-0.3, -0.25) is 0 Å².